The van der Waals surface area contributed by atoms with E-state index in [9.17, 15) is 9.59 Å². The summed E-state index contributed by atoms with van der Waals surface area (Å²) in [5.41, 5.74) is 2.55. The summed E-state index contributed by atoms with van der Waals surface area (Å²) >= 11 is 0. The van der Waals surface area contributed by atoms with Crippen LogP contribution in [-0.2, 0) is 9.59 Å². The Labute approximate surface area is 86.9 Å². The molecule has 0 aliphatic rings. The zero-order valence-electron chi connectivity index (χ0n) is 7.94. The molecule has 0 aromatic heterocycles. The van der Waals surface area contributed by atoms with Gasteiger partial charge in [-0.1, -0.05) is 18.2 Å². The van der Waals surface area contributed by atoms with E-state index in [0.29, 0.717) is 5.69 Å². The van der Waals surface area contributed by atoms with Crippen molar-refractivity contribution in [1.82, 2.24) is 5.43 Å². The van der Waals surface area contributed by atoms with Crippen molar-refractivity contribution in [1.29, 1.82) is 0 Å². The average molecular weight is 205 g/mol. The van der Waals surface area contributed by atoms with E-state index in [1.807, 2.05) is 11.5 Å². The molecule has 0 spiro atoms. The van der Waals surface area contributed by atoms with Gasteiger partial charge in [-0.3, -0.25) is 15.0 Å². The number of hydrogen-bond donors (Lipinski definition) is 3. The predicted molar refractivity (Wildman–Crippen MR) is 56.5 cm³/mol. The molecule has 4 N–H and O–H groups in total. The first-order valence-corrected chi connectivity index (χ1v) is 4.27. The summed E-state index contributed by atoms with van der Waals surface area (Å²) in [6.07, 6.45) is 2.16. The fraction of sp³-hybridized carbons (Fsp3) is 0. The predicted octanol–water partition coefficient (Wildman–Crippen LogP) is 0.171. The van der Waals surface area contributed by atoms with Gasteiger partial charge in [0.1, 0.15) is 0 Å². The number of nitrogens with two attached hydrogens (primary N) is 1. The van der Waals surface area contributed by atoms with Gasteiger partial charge in [0, 0.05) is 17.8 Å². The molecular formula is C10H11N3O2. The van der Waals surface area contributed by atoms with Crippen LogP contribution in [0.25, 0.3) is 0 Å². The van der Waals surface area contributed by atoms with Gasteiger partial charge in [0.25, 0.3) is 5.91 Å². The molecule has 1 rings (SSSR count). The highest BCUT2D eigenvalue weighted by Crippen LogP contribution is 2.04. The lowest BCUT2D eigenvalue weighted by Crippen LogP contribution is -2.28. The van der Waals surface area contributed by atoms with Crippen LogP contribution in [0.4, 0.5) is 5.69 Å². The van der Waals surface area contributed by atoms with Crippen LogP contribution in [0.2, 0.25) is 0 Å². The number of nitrogens with one attached hydrogen (secondary N) is 2. The van der Waals surface area contributed by atoms with E-state index >= 15 is 0 Å². The zero-order chi connectivity index (χ0) is 11.1. The molecule has 0 heterocycles. The van der Waals surface area contributed by atoms with Gasteiger partial charge in [0.15, 0.2) is 0 Å². The molecule has 78 valence electrons. The van der Waals surface area contributed by atoms with E-state index in [1.54, 1.807) is 24.3 Å². The van der Waals surface area contributed by atoms with Crippen molar-refractivity contribution in [2.24, 2.45) is 5.84 Å². The van der Waals surface area contributed by atoms with E-state index in [-0.39, 0.29) is 5.91 Å². The minimum Gasteiger partial charge on any atom is -0.323 e. The number of rotatable bonds is 3. The quantitative estimate of drug-likeness (QED) is 0.284. The summed E-state index contributed by atoms with van der Waals surface area (Å²) in [4.78, 5) is 21.9. The maximum atomic E-state index is 11.2. The van der Waals surface area contributed by atoms with Crippen molar-refractivity contribution < 1.29 is 9.59 Å². The molecule has 5 nitrogen and oxygen atoms in total. The molecule has 0 fully saturated rings. The second kappa shape index (κ2) is 5.56. The summed E-state index contributed by atoms with van der Waals surface area (Å²) in [6.45, 7) is 0. The van der Waals surface area contributed by atoms with Crippen molar-refractivity contribution >= 4 is 17.5 Å². The number of benzene rings is 1. The van der Waals surface area contributed by atoms with Crippen LogP contribution < -0.4 is 16.6 Å². The van der Waals surface area contributed by atoms with Crippen molar-refractivity contribution in [3.63, 3.8) is 0 Å². The fourth-order valence-corrected chi connectivity index (χ4v) is 0.905. The summed E-state index contributed by atoms with van der Waals surface area (Å²) < 4.78 is 0. The molecule has 0 aliphatic carbocycles. The van der Waals surface area contributed by atoms with Crippen LogP contribution in [0.5, 0.6) is 0 Å². The summed E-state index contributed by atoms with van der Waals surface area (Å²) in [7, 11) is 0. The second-order valence-electron chi connectivity index (χ2n) is 2.70. The maximum absolute atomic E-state index is 11.2. The number of hydrogen-bond acceptors (Lipinski definition) is 3. The highest BCUT2D eigenvalue weighted by Gasteiger charge is 1.97. The van der Waals surface area contributed by atoms with E-state index in [4.69, 9.17) is 5.84 Å². The van der Waals surface area contributed by atoms with Crippen LogP contribution in [-0.4, -0.2) is 11.8 Å². The third-order valence-corrected chi connectivity index (χ3v) is 1.57. The molecule has 0 atom stereocenters. The number of anilines is 1. The van der Waals surface area contributed by atoms with Gasteiger partial charge in [-0.2, -0.15) is 0 Å². The Bertz CT molecular complexity index is 374. The Morgan fingerprint density at radius 1 is 1.07 bits per heavy atom. The molecule has 1 aromatic rings. The number of carbonyl (C=O) groups excluding carboxylic acids is 2. The Kier molecular flexibility index (Phi) is 4.05. The third-order valence-electron chi connectivity index (χ3n) is 1.57. The molecule has 15 heavy (non-hydrogen) atoms. The maximum Gasteiger partial charge on any atom is 0.258 e. The highest BCUT2D eigenvalue weighted by molar-refractivity contribution is 6.03. The van der Waals surface area contributed by atoms with Gasteiger partial charge in [0.2, 0.25) is 5.91 Å². The van der Waals surface area contributed by atoms with Gasteiger partial charge >= 0.3 is 0 Å². The zero-order valence-corrected chi connectivity index (χ0v) is 7.94. The lowest BCUT2D eigenvalue weighted by atomic mass is 10.3. The average Bonchev–Trinajstić information content (AvgIpc) is 2.27. The van der Waals surface area contributed by atoms with E-state index in [0.717, 1.165) is 12.2 Å². The van der Waals surface area contributed by atoms with Crippen molar-refractivity contribution in [2.45, 2.75) is 0 Å². The molecular weight excluding hydrogens is 194 g/mol. The normalized spacial score (nSPS) is 9.93. The first-order chi connectivity index (χ1) is 7.22. The number of para-hydroxylation sites is 1. The molecule has 1 aromatic carbocycles. The van der Waals surface area contributed by atoms with Crippen LogP contribution in [0.15, 0.2) is 42.5 Å². The lowest BCUT2D eigenvalue weighted by molar-refractivity contribution is -0.117. The largest absolute Gasteiger partial charge is 0.323 e. The molecule has 5 heteroatoms. The smallest absolute Gasteiger partial charge is 0.258 e. The lowest BCUT2D eigenvalue weighted by Gasteiger charge is -2.00. The van der Waals surface area contributed by atoms with Gasteiger partial charge < -0.3 is 5.32 Å². The monoisotopic (exact) mass is 205 g/mol. The van der Waals surface area contributed by atoms with Gasteiger partial charge in [0.05, 0.1) is 0 Å². The number of hydrazine groups is 1. The van der Waals surface area contributed by atoms with Crippen LogP contribution >= 0.6 is 0 Å². The molecule has 0 saturated heterocycles. The highest BCUT2D eigenvalue weighted by atomic mass is 16.2. The Hall–Kier alpha value is -2.14. The Balaban J connectivity index is 2.50. The first kappa shape index (κ1) is 10.9. The van der Waals surface area contributed by atoms with Crippen LogP contribution in [0, 0.1) is 0 Å². The molecule has 0 radical (unpaired) electrons. The molecule has 0 aliphatic heterocycles. The van der Waals surface area contributed by atoms with Crippen molar-refractivity contribution in [3.05, 3.63) is 42.5 Å². The minimum atomic E-state index is -0.529. The summed E-state index contributed by atoms with van der Waals surface area (Å²) in [6, 6.07) is 8.93. The second-order valence-corrected chi connectivity index (χ2v) is 2.70. The van der Waals surface area contributed by atoms with Crippen molar-refractivity contribution in [2.75, 3.05) is 5.32 Å². The fourth-order valence-electron chi connectivity index (χ4n) is 0.905. The van der Waals surface area contributed by atoms with Gasteiger partial charge in [-0.05, 0) is 12.1 Å². The summed E-state index contributed by atoms with van der Waals surface area (Å²) in [5.74, 6) is 3.91. The first-order valence-electron chi connectivity index (χ1n) is 4.27. The topological polar surface area (TPSA) is 84.2 Å². The van der Waals surface area contributed by atoms with E-state index < -0.39 is 5.91 Å². The number of carbonyl (C=O) groups is 2. The van der Waals surface area contributed by atoms with Crippen LogP contribution in [0.3, 0.4) is 0 Å². The Morgan fingerprint density at radius 3 is 2.27 bits per heavy atom. The molecule has 0 unspecified atom stereocenters. The standard InChI is InChI=1S/C10H11N3O2/c11-13-10(15)7-6-9(14)12-8-4-2-1-3-5-8/h1-7H,11H2,(H,12,14)(H,13,15). The summed E-state index contributed by atoms with van der Waals surface area (Å²) in [5, 5.41) is 2.57. The third kappa shape index (κ3) is 4.06. The number of amides is 2. The Morgan fingerprint density at radius 2 is 1.67 bits per heavy atom. The van der Waals surface area contributed by atoms with Gasteiger partial charge in [-0.15, -0.1) is 0 Å². The van der Waals surface area contributed by atoms with Crippen molar-refractivity contribution in [3.8, 4) is 0 Å². The van der Waals surface area contributed by atoms with Gasteiger partial charge in [-0.25, -0.2) is 5.84 Å². The molecule has 0 saturated carbocycles. The minimum absolute atomic E-state index is 0.384. The SMILES string of the molecule is NNC(=O)C=CC(=O)Nc1ccccc1. The van der Waals surface area contributed by atoms with E-state index in [2.05, 4.69) is 5.32 Å². The molecule has 2 amide bonds. The van der Waals surface area contributed by atoms with E-state index in [1.165, 1.54) is 0 Å². The molecule has 0 bridgehead atoms. The van der Waals surface area contributed by atoms with Crippen LogP contribution in [0.1, 0.15) is 0 Å².